The lowest BCUT2D eigenvalue weighted by molar-refractivity contribution is 0.669. The summed E-state index contributed by atoms with van der Waals surface area (Å²) >= 11 is 0. The molecule has 2 aliphatic rings. The van der Waals surface area contributed by atoms with Crippen LogP contribution in [0.3, 0.4) is 0 Å². The molecule has 0 saturated heterocycles. The summed E-state index contributed by atoms with van der Waals surface area (Å²) in [6.45, 7) is 0. The lowest BCUT2D eigenvalue weighted by Gasteiger charge is -2.28. The van der Waals surface area contributed by atoms with Crippen LogP contribution in [0.5, 0.6) is 0 Å². The minimum absolute atomic E-state index is 0.0491. The van der Waals surface area contributed by atoms with Crippen molar-refractivity contribution in [2.24, 2.45) is 0 Å². The van der Waals surface area contributed by atoms with Crippen LogP contribution in [0.2, 0.25) is 0 Å². The molecule has 1 aliphatic carbocycles. The predicted octanol–water partition coefficient (Wildman–Crippen LogP) is 12.6. The lowest BCUT2D eigenvalue weighted by atomic mass is 9.91. The second-order valence-electron chi connectivity index (χ2n) is 14.7. The Kier molecular flexibility index (Phi) is 6.95. The molecule has 6 heteroatoms. The molecule has 0 fully saturated rings. The molecule has 0 amide bonds. The van der Waals surface area contributed by atoms with Gasteiger partial charge in [-0.15, -0.1) is 0 Å². The molecule has 57 heavy (non-hydrogen) atoms. The van der Waals surface area contributed by atoms with Crippen molar-refractivity contribution in [1.82, 2.24) is 19.5 Å². The van der Waals surface area contributed by atoms with Crippen LogP contribution in [0.1, 0.15) is 11.5 Å². The fourth-order valence-corrected chi connectivity index (χ4v) is 9.04. The van der Waals surface area contributed by atoms with E-state index in [1.165, 1.54) is 21.9 Å². The van der Waals surface area contributed by atoms with E-state index in [4.69, 9.17) is 19.4 Å². The topological polar surface area (TPSA) is 60.0 Å². The smallest absolute Gasteiger partial charge is 0.234 e. The molecular weight excluding hydrogens is 699 g/mol. The molecule has 6 nitrogen and oxygen atoms in total. The van der Waals surface area contributed by atoms with Crippen LogP contribution < -0.4 is 4.90 Å². The minimum Gasteiger partial charge on any atom is -0.456 e. The van der Waals surface area contributed by atoms with Crippen LogP contribution in [0.15, 0.2) is 193 Å². The maximum Gasteiger partial charge on any atom is 0.234 e. The molecule has 2 atom stereocenters. The Hall–Kier alpha value is -7.57. The Morgan fingerprint density at radius 1 is 0.474 bits per heavy atom. The molecule has 3 aromatic heterocycles. The first-order chi connectivity index (χ1) is 28.3. The van der Waals surface area contributed by atoms with E-state index in [0.29, 0.717) is 17.6 Å². The van der Waals surface area contributed by atoms with Gasteiger partial charge in [-0.2, -0.15) is 9.97 Å². The quantitative estimate of drug-likeness (QED) is 0.176. The van der Waals surface area contributed by atoms with Crippen LogP contribution >= 0.6 is 0 Å². The predicted molar refractivity (Wildman–Crippen MR) is 231 cm³/mol. The standard InChI is InChI=1S/C51H33N5O/c1-3-14-32(15-4-1)33-26-28-35(29-27-33)50-52-49(34-16-5-2-6-17-34)53-51(54-50)56-42-22-11-8-19-37(42)39-31-30-38-36-18-7-10-21-41(36)55(47(38)48(39)56)43-23-13-25-45-46(43)40-20-9-12-24-44(40)57-45/h1-31,37,42H. The summed E-state index contributed by atoms with van der Waals surface area (Å²) in [7, 11) is 0. The average Bonchev–Trinajstić information content (AvgIpc) is 3.95. The third kappa shape index (κ3) is 4.87. The van der Waals surface area contributed by atoms with Gasteiger partial charge in [-0.25, -0.2) is 4.98 Å². The van der Waals surface area contributed by atoms with E-state index in [1.54, 1.807) is 0 Å². The van der Waals surface area contributed by atoms with E-state index < -0.39 is 0 Å². The minimum atomic E-state index is -0.0491. The highest BCUT2D eigenvalue weighted by molar-refractivity contribution is 6.17. The van der Waals surface area contributed by atoms with Crippen molar-refractivity contribution < 1.29 is 4.42 Å². The lowest BCUT2D eigenvalue weighted by Crippen LogP contribution is -2.30. The van der Waals surface area contributed by atoms with Gasteiger partial charge in [0.25, 0.3) is 0 Å². The molecule has 268 valence electrons. The van der Waals surface area contributed by atoms with Crippen LogP contribution in [-0.4, -0.2) is 25.6 Å². The molecule has 0 saturated carbocycles. The van der Waals surface area contributed by atoms with E-state index in [0.717, 1.165) is 61.0 Å². The molecule has 12 rings (SSSR count). The van der Waals surface area contributed by atoms with Crippen LogP contribution in [0.4, 0.5) is 11.6 Å². The Labute approximate surface area is 328 Å². The van der Waals surface area contributed by atoms with Crippen molar-refractivity contribution in [3.63, 3.8) is 0 Å². The number of hydrogen-bond donors (Lipinski definition) is 0. The summed E-state index contributed by atoms with van der Waals surface area (Å²) in [6.07, 6.45) is 8.91. The first kappa shape index (κ1) is 31.7. The van der Waals surface area contributed by atoms with Gasteiger partial charge in [0.15, 0.2) is 11.6 Å². The number of para-hydroxylation sites is 2. The van der Waals surface area contributed by atoms with Gasteiger partial charge >= 0.3 is 0 Å². The molecule has 4 heterocycles. The zero-order valence-corrected chi connectivity index (χ0v) is 30.7. The zero-order valence-electron chi connectivity index (χ0n) is 30.7. The number of nitrogens with zero attached hydrogens (tertiary/aromatic N) is 5. The first-order valence-electron chi connectivity index (χ1n) is 19.4. The van der Waals surface area contributed by atoms with Crippen molar-refractivity contribution in [2.75, 3.05) is 4.90 Å². The van der Waals surface area contributed by atoms with Crippen molar-refractivity contribution in [3.05, 3.63) is 194 Å². The van der Waals surface area contributed by atoms with Crippen molar-refractivity contribution in [2.45, 2.75) is 12.0 Å². The normalized spacial score (nSPS) is 15.9. The van der Waals surface area contributed by atoms with Gasteiger partial charge < -0.3 is 13.9 Å². The number of furan rings is 1. The summed E-state index contributed by atoms with van der Waals surface area (Å²) in [5.41, 5.74) is 11.5. The van der Waals surface area contributed by atoms with Gasteiger partial charge in [0.2, 0.25) is 5.95 Å². The van der Waals surface area contributed by atoms with Crippen molar-refractivity contribution >= 4 is 55.4 Å². The van der Waals surface area contributed by atoms with E-state index in [2.05, 4.69) is 161 Å². The third-order valence-corrected chi connectivity index (χ3v) is 11.6. The van der Waals surface area contributed by atoms with Crippen LogP contribution in [0.25, 0.3) is 83.3 Å². The number of hydrogen-bond acceptors (Lipinski definition) is 5. The number of anilines is 2. The Morgan fingerprint density at radius 2 is 1.11 bits per heavy atom. The van der Waals surface area contributed by atoms with Gasteiger partial charge in [0.05, 0.1) is 33.8 Å². The van der Waals surface area contributed by atoms with E-state index in [-0.39, 0.29) is 12.0 Å². The van der Waals surface area contributed by atoms with Gasteiger partial charge in [0, 0.05) is 33.2 Å². The fraction of sp³-hybridized carbons (Fsp3) is 0.0392. The average molecular weight is 732 g/mol. The maximum atomic E-state index is 6.45. The number of aromatic nitrogens is 4. The number of allylic oxidation sites excluding steroid dienone is 2. The third-order valence-electron chi connectivity index (χ3n) is 11.6. The van der Waals surface area contributed by atoms with E-state index >= 15 is 0 Å². The highest BCUT2D eigenvalue weighted by atomic mass is 16.3. The molecule has 0 N–H and O–H groups in total. The molecule has 1 aliphatic heterocycles. The number of rotatable bonds is 5. The van der Waals surface area contributed by atoms with Gasteiger partial charge in [0.1, 0.15) is 11.2 Å². The highest BCUT2D eigenvalue weighted by Crippen LogP contribution is 2.53. The van der Waals surface area contributed by atoms with Gasteiger partial charge in [-0.05, 0) is 41.0 Å². The van der Waals surface area contributed by atoms with E-state index in [9.17, 15) is 0 Å². The van der Waals surface area contributed by atoms with Crippen molar-refractivity contribution in [3.8, 4) is 39.6 Å². The SMILES string of the molecule is C1=CC2c3ccc4c5ccccc5n(-c5cccc6oc7ccccc7c56)c4c3N(c3nc(-c4ccccc4)nc(-c4ccc(-c5ccccc5)cc4)n3)C2C=C1. The molecular formula is C51H33N5O. The molecule has 2 unspecified atom stereocenters. The largest absolute Gasteiger partial charge is 0.456 e. The van der Waals surface area contributed by atoms with Gasteiger partial charge in [-0.1, -0.05) is 164 Å². The second-order valence-corrected chi connectivity index (χ2v) is 14.7. The molecule has 7 aromatic carbocycles. The number of fused-ring (bicyclic) bond motifs is 10. The fourth-order valence-electron chi connectivity index (χ4n) is 9.04. The number of benzene rings is 7. The second kappa shape index (κ2) is 12.5. The van der Waals surface area contributed by atoms with E-state index in [1.807, 2.05) is 36.4 Å². The molecule has 0 bridgehead atoms. The Morgan fingerprint density at radius 3 is 1.91 bits per heavy atom. The summed E-state index contributed by atoms with van der Waals surface area (Å²) in [5, 5.41) is 4.52. The summed E-state index contributed by atoms with van der Waals surface area (Å²) in [4.78, 5) is 18.2. The monoisotopic (exact) mass is 731 g/mol. The molecule has 0 radical (unpaired) electrons. The molecule has 10 aromatic rings. The van der Waals surface area contributed by atoms with Gasteiger partial charge in [-0.3, -0.25) is 0 Å². The van der Waals surface area contributed by atoms with Crippen molar-refractivity contribution in [1.29, 1.82) is 0 Å². The zero-order chi connectivity index (χ0) is 37.5. The Balaban J connectivity index is 1.14. The van der Waals surface area contributed by atoms with Crippen LogP contribution in [0, 0.1) is 0 Å². The summed E-state index contributed by atoms with van der Waals surface area (Å²) in [5.74, 6) is 1.96. The molecule has 0 spiro atoms. The van der Waals surface area contributed by atoms with Crippen LogP contribution in [-0.2, 0) is 0 Å². The summed E-state index contributed by atoms with van der Waals surface area (Å²) < 4.78 is 8.89. The Bertz CT molecular complexity index is 3250. The first-order valence-corrected chi connectivity index (χ1v) is 19.4. The highest BCUT2D eigenvalue weighted by Gasteiger charge is 2.41. The summed E-state index contributed by atoms with van der Waals surface area (Å²) in [6, 6.07) is 57.2. The maximum absolute atomic E-state index is 6.45.